The van der Waals surface area contributed by atoms with Gasteiger partial charge < -0.3 is 0 Å². The van der Waals surface area contributed by atoms with Gasteiger partial charge in [-0.25, -0.2) is 0 Å². The molecule has 1 aromatic carbocycles. The first-order chi connectivity index (χ1) is 6.81. The van der Waals surface area contributed by atoms with Gasteiger partial charge in [-0.2, -0.15) is 0 Å². The van der Waals surface area contributed by atoms with E-state index in [1.807, 2.05) is 0 Å². The minimum Gasteiger partial charge on any atom is -0.130 e. The number of benzene rings is 1. The van der Waals surface area contributed by atoms with Crippen LogP contribution in [0.25, 0.3) is 0 Å². The van der Waals surface area contributed by atoms with E-state index in [4.69, 9.17) is 23.2 Å². The van der Waals surface area contributed by atoms with Crippen LogP contribution in [-0.4, -0.2) is 12.1 Å². The quantitative estimate of drug-likeness (QED) is 0.553. The van der Waals surface area contributed by atoms with Crippen molar-refractivity contribution in [1.82, 2.24) is 0 Å². The first kappa shape index (κ1) is 12.2. The molecule has 0 aliphatic heterocycles. The molecule has 0 amide bonds. The lowest BCUT2D eigenvalue weighted by Crippen LogP contribution is -1.93. The van der Waals surface area contributed by atoms with Gasteiger partial charge >= 0.3 is 0 Å². The third kappa shape index (κ3) is 3.38. The number of halogens is 2. The van der Waals surface area contributed by atoms with Crippen LogP contribution in [0.3, 0.4) is 0 Å². The zero-order valence-electron chi connectivity index (χ0n) is 8.22. The van der Waals surface area contributed by atoms with Crippen LogP contribution in [0.1, 0.15) is 17.5 Å². The predicted molar refractivity (Wildman–Crippen MR) is 66.8 cm³/mol. The minimum atomic E-state index is 0.590. The van der Waals surface area contributed by atoms with Crippen LogP contribution in [0.4, 0.5) is 0 Å². The van der Waals surface area contributed by atoms with Crippen LogP contribution < -0.4 is 0 Å². The molecule has 0 aliphatic carbocycles. The molecule has 0 heterocycles. The molecular formula is C11H14Cl2S. The van der Waals surface area contributed by atoms with E-state index in [2.05, 4.69) is 24.5 Å². The summed E-state index contributed by atoms with van der Waals surface area (Å²) in [6.45, 7) is 0. The molecule has 0 aromatic heterocycles. The molecule has 0 nitrogen and oxygen atoms in total. The van der Waals surface area contributed by atoms with Crippen LogP contribution in [0.2, 0.25) is 0 Å². The molecule has 0 radical (unpaired) electrons. The first-order valence-corrected chi connectivity index (χ1v) is 6.89. The third-order valence-electron chi connectivity index (χ3n) is 2.14. The average molecular weight is 249 g/mol. The monoisotopic (exact) mass is 248 g/mol. The molecule has 0 saturated heterocycles. The number of alkyl halides is 2. The summed E-state index contributed by atoms with van der Waals surface area (Å²) in [6, 6.07) is 6.45. The van der Waals surface area contributed by atoms with Crippen molar-refractivity contribution in [3.63, 3.8) is 0 Å². The van der Waals surface area contributed by atoms with E-state index >= 15 is 0 Å². The molecule has 3 heteroatoms. The van der Waals surface area contributed by atoms with Crippen molar-refractivity contribution < 1.29 is 0 Å². The van der Waals surface area contributed by atoms with Crippen molar-refractivity contribution in [1.29, 1.82) is 0 Å². The van der Waals surface area contributed by atoms with E-state index < -0.39 is 0 Å². The fourth-order valence-corrected chi connectivity index (χ4v) is 2.21. The third-order valence-corrected chi connectivity index (χ3v) is 3.42. The van der Waals surface area contributed by atoms with Crippen LogP contribution in [0, 0.1) is 0 Å². The minimum absolute atomic E-state index is 0.590. The highest BCUT2D eigenvalue weighted by Crippen LogP contribution is 2.21. The van der Waals surface area contributed by atoms with E-state index in [1.165, 1.54) is 16.0 Å². The number of hydrogen-bond acceptors (Lipinski definition) is 1. The van der Waals surface area contributed by atoms with Crippen LogP contribution in [0.15, 0.2) is 23.1 Å². The van der Waals surface area contributed by atoms with Gasteiger partial charge in [0.25, 0.3) is 0 Å². The zero-order valence-corrected chi connectivity index (χ0v) is 10.6. The van der Waals surface area contributed by atoms with Crippen LogP contribution >= 0.6 is 35.0 Å². The largest absolute Gasteiger partial charge is 0.130 e. The molecule has 0 aliphatic rings. The maximum Gasteiger partial charge on any atom is 0.0476 e. The molecule has 0 atom stereocenters. The lowest BCUT2D eigenvalue weighted by atomic mass is 10.0. The van der Waals surface area contributed by atoms with Crippen LogP contribution in [-0.2, 0) is 12.3 Å². The van der Waals surface area contributed by atoms with E-state index in [1.54, 1.807) is 11.8 Å². The maximum atomic E-state index is 5.87. The van der Waals surface area contributed by atoms with Crippen molar-refractivity contribution in [2.75, 3.05) is 12.1 Å². The summed E-state index contributed by atoms with van der Waals surface area (Å²) < 4.78 is 0. The lowest BCUT2D eigenvalue weighted by Gasteiger charge is -2.08. The number of aryl methyl sites for hydroxylation is 1. The Balaban J connectivity index is 2.84. The van der Waals surface area contributed by atoms with Gasteiger partial charge in [0, 0.05) is 16.7 Å². The normalized spacial score (nSPS) is 10.5. The maximum absolute atomic E-state index is 5.87. The van der Waals surface area contributed by atoms with Crippen molar-refractivity contribution in [3.05, 3.63) is 29.3 Å². The van der Waals surface area contributed by atoms with Gasteiger partial charge in [-0.3, -0.25) is 0 Å². The highest BCUT2D eigenvalue weighted by atomic mass is 35.5. The van der Waals surface area contributed by atoms with E-state index in [0.717, 1.165) is 12.8 Å². The smallest absolute Gasteiger partial charge is 0.0476 e. The van der Waals surface area contributed by atoms with Gasteiger partial charge in [0.15, 0.2) is 0 Å². The summed E-state index contributed by atoms with van der Waals surface area (Å²) in [6.07, 6.45) is 4.13. The summed E-state index contributed by atoms with van der Waals surface area (Å²) >= 11 is 13.3. The summed E-state index contributed by atoms with van der Waals surface area (Å²) in [5.74, 6) is 1.30. The van der Waals surface area contributed by atoms with E-state index in [0.29, 0.717) is 11.8 Å². The second kappa shape index (κ2) is 6.60. The zero-order chi connectivity index (χ0) is 10.4. The Morgan fingerprint density at radius 3 is 2.57 bits per heavy atom. The molecule has 1 aromatic rings. The highest BCUT2D eigenvalue weighted by Gasteiger charge is 2.02. The highest BCUT2D eigenvalue weighted by molar-refractivity contribution is 7.98. The molecule has 0 N–H and O–H groups in total. The molecule has 14 heavy (non-hydrogen) atoms. The van der Waals surface area contributed by atoms with Gasteiger partial charge in [-0.1, -0.05) is 6.07 Å². The first-order valence-electron chi connectivity index (χ1n) is 4.59. The molecule has 0 unspecified atom stereocenters. The fraction of sp³-hybridized carbons (Fsp3) is 0.455. The van der Waals surface area contributed by atoms with Gasteiger partial charge in [0.1, 0.15) is 0 Å². The molecule has 0 spiro atoms. The standard InChI is InChI=1S/C11H14Cl2S/c1-14-11-5-4-10(8-13)9(7-11)3-2-6-12/h4-5,7H,2-3,6,8H2,1H3. The van der Waals surface area contributed by atoms with Crippen molar-refractivity contribution in [2.45, 2.75) is 23.6 Å². The second-order valence-electron chi connectivity index (χ2n) is 3.06. The summed E-state index contributed by atoms with van der Waals surface area (Å²) in [4.78, 5) is 1.29. The van der Waals surface area contributed by atoms with Gasteiger partial charge in [0.2, 0.25) is 0 Å². The molecule has 0 fully saturated rings. The average Bonchev–Trinajstić information content (AvgIpc) is 2.25. The number of thioether (sulfide) groups is 1. The molecular weight excluding hydrogens is 235 g/mol. The predicted octanol–water partition coefficient (Wildman–Crippen LogP) is 4.32. The van der Waals surface area contributed by atoms with E-state index in [9.17, 15) is 0 Å². The summed E-state index contributed by atoms with van der Waals surface area (Å²) in [5.41, 5.74) is 2.57. The topological polar surface area (TPSA) is 0 Å². The fourth-order valence-electron chi connectivity index (χ4n) is 1.35. The molecule has 1 rings (SSSR count). The van der Waals surface area contributed by atoms with Crippen molar-refractivity contribution >= 4 is 35.0 Å². The van der Waals surface area contributed by atoms with Crippen molar-refractivity contribution in [2.24, 2.45) is 0 Å². The summed E-state index contributed by atoms with van der Waals surface area (Å²) in [7, 11) is 0. The Labute approximate surface area is 100.0 Å². The molecule has 78 valence electrons. The van der Waals surface area contributed by atoms with Crippen LogP contribution in [0.5, 0.6) is 0 Å². The molecule has 0 saturated carbocycles. The Hall–Kier alpha value is 0.150. The Morgan fingerprint density at radius 2 is 2.00 bits per heavy atom. The van der Waals surface area contributed by atoms with Crippen molar-refractivity contribution in [3.8, 4) is 0 Å². The second-order valence-corrected chi connectivity index (χ2v) is 4.59. The number of hydrogen-bond donors (Lipinski definition) is 0. The Morgan fingerprint density at radius 1 is 1.21 bits per heavy atom. The Kier molecular flexibility index (Phi) is 5.76. The SMILES string of the molecule is CSc1ccc(CCl)c(CCCCl)c1. The van der Waals surface area contributed by atoms with E-state index in [-0.39, 0.29) is 0 Å². The van der Waals surface area contributed by atoms with Gasteiger partial charge in [0.05, 0.1) is 0 Å². The summed E-state index contributed by atoms with van der Waals surface area (Å²) in [5, 5.41) is 0. The van der Waals surface area contributed by atoms with Gasteiger partial charge in [-0.15, -0.1) is 35.0 Å². The lowest BCUT2D eigenvalue weighted by molar-refractivity contribution is 0.912. The van der Waals surface area contributed by atoms with Gasteiger partial charge in [-0.05, 0) is 42.4 Å². The molecule has 0 bridgehead atoms. The Bertz CT molecular complexity index is 287. The number of rotatable bonds is 5.